The number of fused-ring (bicyclic) bond motifs is 1. The van der Waals surface area contributed by atoms with Crippen LogP contribution in [0.5, 0.6) is 0 Å². The summed E-state index contributed by atoms with van der Waals surface area (Å²) in [5.74, 6) is 1.09. The molecule has 1 aromatic heterocycles. The molecule has 0 unspecified atom stereocenters. The van der Waals surface area contributed by atoms with E-state index in [0.29, 0.717) is 5.11 Å². The summed E-state index contributed by atoms with van der Waals surface area (Å²) in [6.45, 7) is 11.8. The zero-order valence-electron chi connectivity index (χ0n) is 18.9. The van der Waals surface area contributed by atoms with E-state index in [9.17, 15) is 0 Å². The molecule has 0 atom stereocenters. The number of nitrogens with one attached hydrogen (secondary N) is 2. The number of thiocarbonyl (C=S) groups is 1. The van der Waals surface area contributed by atoms with Crippen molar-refractivity contribution in [3.63, 3.8) is 0 Å². The molecule has 2 N–H and O–H groups in total. The summed E-state index contributed by atoms with van der Waals surface area (Å²) in [4.78, 5) is 12.0. The first-order valence-corrected chi connectivity index (χ1v) is 11.5. The van der Waals surface area contributed by atoms with E-state index in [0.717, 1.165) is 69.3 Å². The number of piperazine rings is 1. The summed E-state index contributed by atoms with van der Waals surface area (Å²) in [6.07, 6.45) is 2.27. The molecule has 3 rings (SSSR count). The molecular weight excluding hydrogens is 392 g/mol. The van der Waals surface area contributed by atoms with Gasteiger partial charge in [0.1, 0.15) is 5.82 Å². The van der Waals surface area contributed by atoms with Crippen molar-refractivity contribution in [2.75, 3.05) is 70.1 Å². The molecule has 6 nitrogen and oxygen atoms in total. The summed E-state index contributed by atoms with van der Waals surface area (Å²) < 4.78 is 0. The molecule has 0 aliphatic carbocycles. The summed E-state index contributed by atoms with van der Waals surface area (Å²) in [5.41, 5.74) is 3.29. The number of nitrogens with zero attached hydrogens (tertiary/aromatic N) is 4. The highest BCUT2D eigenvalue weighted by atomic mass is 32.1. The summed E-state index contributed by atoms with van der Waals surface area (Å²) >= 11 is 5.46. The van der Waals surface area contributed by atoms with Crippen LogP contribution in [0.15, 0.2) is 24.3 Å². The smallest absolute Gasteiger partial charge is 0.170 e. The molecule has 0 saturated carbocycles. The van der Waals surface area contributed by atoms with Gasteiger partial charge < -0.3 is 25.3 Å². The van der Waals surface area contributed by atoms with Crippen LogP contribution in [0.2, 0.25) is 0 Å². The molecule has 0 amide bonds. The monoisotopic (exact) mass is 428 g/mol. The number of rotatable bonds is 8. The number of benzene rings is 1. The highest BCUT2D eigenvalue weighted by molar-refractivity contribution is 7.80. The van der Waals surface area contributed by atoms with Crippen LogP contribution >= 0.6 is 12.2 Å². The van der Waals surface area contributed by atoms with Crippen molar-refractivity contribution in [1.82, 2.24) is 20.1 Å². The molecule has 2 heterocycles. The lowest BCUT2D eigenvalue weighted by atomic mass is 10.1. The largest absolute Gasteiger partial charge is 0.362 e. The number of unbranched alkanes of at least 4 members (excludes halogenated alkanes) is 1. The van der Waals surface area contributed by atoms with Crippen LogP contribution < -0.4 is 15.5 Å². The number of anilines is 2. The number of likely N-dealkylation sites (N-methyl/N-ethyl adjacent to an activating group) is 1. The van der Waals surface area contributed by atoms with Crippen LogP contribution in [0.3, 0.4) is 0 Å². The topological polar surface area (TPSA) is 46.7 Å². The fraction of sp³-hybridized carbons (Fsp3) is 0.565. The first kappa shape index (κ1) is 22.7. The van der Waals surface area contributed by atoms with E-state index in [1.165, 1.54) is 17.4 Å². The highest BCUT2D eigenvalue weighted by Crippen LogP contribution is 2.26. The van der Waals surface area contributed by atoms with Crippen LogP contribution in [0, 0.1) is 6.92 Å². The van der Waals surface area contributed by atoms with E-state index in [-0.39, 0.29) is 0 Å². The van der Waals surface area contributed by atoms with Crippen LogP contribution in [-0.2, 0) is 0 Å². The minimum atomic E-state index is 0.676. The number of hydrogen-bond donors (Lipinski definition) is 2. The lowest BCUT2D eigenvalue weighted by molar-refractivity contribution is 0.270. The maximum absolute atomic E-state index is 5.46. The summed E-state index contributed by atoms with van der Waals surface area (Å²) in [7, 11) is 4.21. The number of aryl methyl sites for hydroxylation is 1. The normalized spacial score (nSPS) is 15.0. The zero-order chi connectivity index (χ0) is 21.5. The molecule has 0 radical (unpaired) electrons. The van der Waals surface area contributed by atoms with Gasteiger partial charge in [-0.2, -0.15) is 0 Å². The molecule has 1 aromatic carbocycles. The molecule has 1 aliphatic heterocycles. The van der Waals surface area contributed by atoms with Crippen molar-refractivity contribution >= 4 is 39.7 Å². The van der Waals surface area contributed by atoms with Gasteiger partial charge in [0, 0.05) is 43.8 Å². The third kappa shape index (κ3) is 6.27. The standard InChI is InChI=1S/C23H36N6S/c1-5-28-12-14-29(15-13-28)22-16-18(2)20-17-19(8-9-21(20)26-22)25-23(30)24-10-6-7-11-27(3)4/h8-9,16-17H,5-7,10-15H2,1-4H3,(H2,24,25,30). The fourth-order valence-corrected chi connectivity index (χ4v) is 4.06. The van der Waals surface area contributed by atoms with Gasteiger partial charge in [-0.25, -0.2) is 4.98 Å². The molecule has 30 heavy (non-hydrogen) atoms. The molecule has 2 aromatic rings. The third-order valence-corrected chi connectivity index (χ3v) is 5.97. The van der Waals surface area contributed by atoms with Gasteiger partial charge in [0.25, 0.3) is 0 Å². The first-order valence-electron chi connectivity index (χ1n) is 11.0. The van der Waals surface area contributed by atoms with Gasteiger partial charge >= 0.3 is 0 Å². The van der Waals surface area contributed by atoms with Crippen LogP contribution in [0.4, 0.5) is 11.5 Å². The lowest BCUT2D eigenvalue weighted by Gasteiger charge is -2.35. The number of aromatic nitrogens is 1. The predicted octanol–water partition coefficient (Wildman–Crippen LogP) is 3.31. The Morgan fingerprint density at radius 2 is 1.90 bits per heavy atom. The minimum Gasteiger partial charge on any atom is -0.362 e. The molecule has 1 saturated heterocycles. The van der Waals surface area contributed by atoms with Crippen molar-refractivity contribution in [3.8, 4) is 0 Å². The predicted molar refractivity (Wildman–Crippen MR) is 133 cm³/mol. The molecule has 0 bridgehead atoms. The van der Waals surface area contributed by atoms with E-state index in [1.807, 2.05) is 0 Å². The van der Waals surface area contributed by atoms with E-state index in [1.54, 1.807) is 0 Å². The van der Waals surface area contributed by atoms with Gasteiger partial charge in [-0.3, -0.25) is 0 Å². The minimum absolute atomic E-state index is 0.676. The molecular formula is C23H36N6S. The second-order valence-electron chi connectivity index (χ2n) is 8.34. The SMILES string of the molecule is CCN1CCN(c2cc(C)c3cc(NC(=S)NCCCCN(C)C)ccc3n2)CC1. The van der Waals surface area contributed by atoms with Crippen molar-refractivity contribution < 1.29 is 0 Å². The number of hydrogen-bond acceptors (Lipinski definition) is 5. The Balaban J connectivity index is 1.59. The molecule has 7 heteroatoms. The van der Waals surface area contributed by atoms with Crippen molar-refractivity contribution in [2.24, 2.45) is 0 Å². The van der Waals surface area contributed by atoms with Gasteiger partial charge in [-0.1, -0.05) is 6.92 Å². The van der Waals surface area contributed by atoms with Gasteiger partial charge in [0.05, 0.1) is 5.52 Å². The van der Waals surface area contributed by atoms with Gasteiger partial charge in [-0.05, 0) is 89.0 Å². The van der Waals surface area contributed by atoms with Gasteiger partial charge in [0.15, 0.2) is 5.11 Å². The summed E-state index contributed by atoms with van der Waals surface area (Å²) in [5, 5.41) is 8.47. The maximum atomic E-state index is 5.46. The molecule has 0 spiro atoms. The fourth-order valence-electron chi connectivity index (χ4n) is 3.84. The van der Waals surface area contributed by atoms with E-state index in [4.69, 9.17) is 17.2 Å². The lowest BCUT2D eigenvalue weighted by Crippen LogP contribution is -2.46. The maximum Gasteiger partial charge on any atom is 0.170 e. The average Bonchev–Trinajstić information content (AvgIpc) is 2.73. The first-order chi connectivity index (χ1) is 14.5. The Labute approximate surface area is 186 Å². The molecule has 164 valence electrons. The second kappa shape index (κ2) is 10.9. The van der Waals surface area contributed by atoms with Gasteiger partial charge in [-0.15, -0.1) is 0 Å². The Morgan fingerprint density at radius 3 is 2.60 bits per heavy atom. The molecule has 1 fully saturated rings. The second-order valence-corrected chi connectivity index (χ2v) is 8.75. The van der Waals surface area contributed by atoms with Crippen molar-refractivity contribution in [2.45, 2.75) is 26.7 Å². The van der Waals surface area contributed by atoms with Crippen LogP contribution in [0.25, 0.3) is 10.9 Å². The third-order valence-electron chi connectivity index (χ3n) is 5.72. The Bertz CT molecular complexity index is 845. The van der Waals surface area contributed by atoms with Crippen LogP contribution in [-0.4, -0.2) is 79.8 Å². The van der Waals surface area contributed by atoms with Crippen molar-refractivity contribution in [3.05, 3.63) is 29.8 Å². The number of pyridine rings is 1. The Hall–Kier alpha value is -1.96. The quantitative estimate of drug-likeness (QED) is 0.494. The average molecular weight is 429 g/mol. The Morgan fingerprint density at radius 1 is 1.13 bits per heavy atom. The molecule has 1 aliphatic rings. The van der Waals surface area contributed by atoms with E-state index in [2.05, 4.69) is 77.5 Å². The van der Waals surface area contributed by atoms with E-state index < -0.39 is 0 Å². The van der Waals surface area contributed by atoms with E-state index >= 15 is 0 Å². The van der Waals surface area contributed by atoms with Gasteiger partial charge in [0.2, 0.25) is 0 Å². The Kier molecular flexibility index (Phi) is 8.24. The summed E-state index contributed by atoms with van der Waals surface area (Å²) in [6, 6.07) is 8.52. The zero-order valence-corrected chi connectivity index (χ0v) is 19.7. The van der Waals surface area contributed by atoms with Crippen LogP contribution in [0.1, 0.15) is 25.3 Å². The highest BCUT2D eigenvalue weighted by Gasteiger charge is 2.17. The van der Waals surface area contributed by atoms with Crippen molar-refractivity contribution in [1.29, 1.82) is 0 Å².